The van der Waals surface area contributed by atoms with Crippen LogP contribution in [0.25, 0.3) is 11.1 Å². The third kappa shape index (κ3) is 5.12. The topological polar surface area (TPSA) is 77.0 Å². The summed E-state index contributed by atoms with van der Waals surface area (Å²) in [7, 11) is 1.31. The third-order valence-electron chi connectivity index (χ3n) is 4.72. The van der Waals surface area contributed by atoms with Gasteiger partial charge in [0.2, 0.25) is 0 Å². The molecule has 152 valence electrons. The summed E-state index contributed by atoms with van der Waals surface area (Å²) in [6.07, 6.45) is 9.18. The number of benzene rings is 2. The lowest BCUT2D eigenvalue weighted by atomic mass is 9.90. The fraction of sp³-hybridized carbons (Fsp3) is 0.160. The Labute approximate surface area is 177 Å². The maximum absolute atomic E-state index is 12.1. The average molecular weight is 399 g/mol. The van der Waals surface area contributed by atoms with Gasteiger partial charge in [-0.15, -0.1) is 6.42 Å². The second-order valence-corrected chi connectivity index (χ2v) is 6.48. The molecule has 0 saturated heterocycles. The van der Waals surface area contributed by atoms with Crippen molar-refractivity contribution in [3.8, 4) is 12.3 Å². The van der Waals surface area contributed by atoms with Gasteiger partial charge in [0.15, 0.2) is 0 Å². The number of ether oxygens (including phenoxy) is 1. The van der Waals surface area contributed by atoms with Crippen LogP contribution in [0, 0.1) is 12.3 Å². The largest absolute Gasteiger partial charge is 0.465 e. The molecule has 0 fully saturated rings. The Morgan fingerprint density at radius 3 is 2.40 bits per heavy atom. The number of rotatable bonds is 6. The zero-order chi connectivity index (χ0) is 22.1. The number of nitrogens with two attached hydrogens (primary N) is 1. The number of carbonyl (C=O) groups is 1. The second kappa shape index (κ2) is 10.6. The van der Waals surface area contributed by atoms with E-state index in [1.54, 1.807) is 6.21 Å². The van der Waals surface area contributed by atoms with Crippen LogP contribution < -0.4 is 5.84 Å². The van der Waals surface area contributed by atoms with E-state index in [-0.39, 0.29) is 5.57 Å². The minimum Gasteiger partial charge on any atom is -0.465 e. The molecule has 0 heterocycles. The first-order valence-electron chi connectivity index (χ1n) is 9.37. The SMILES string of the molecule is C#C/C(C(=O)OC)=C(/C)c1ccc(/C(C=Nc2ccccc2)=N/N)cc1/C(C)=C\C. The van der Waals surface area contributed by atoms with Crippen molar-refractivity contribution in [2.24, 2.45) is 15.9 Å². The fourth-order valence-corrected chi connectivity index (χ4v) is 2.90. The van der Waals surface area contributed by atoms with Crippen LogP contribution in [0.3, 0.4) is 0 Å². The Morgan fingerprint density at radius 2 is 1.83 bits per heavy atom. The lowest BCUT2D eigenvalue weighted by molar-refractivity contribution is -0.135. The van der Waals surface area contributed by atoms with Crippen molar-refractivity contribution in [2.75, 3.05) is 7.11 Å². The number of hydrogen-bond acceptors (Lipinski definition) is 5. The Kier molecular flexibility index (Phi) is 7.90. The van der Waals surface area contributed by atoms with Gasteiger partial charge in [-0.25, -0.2) is 4.79 Å². The van der Waals surface area contributed by atoms with Crippen molar-refractivity contribution < 1.29 is 9.53 Å². The summed E-state index contributed by atoms with van der Waals surface area (Å²) in [5.41, 5.74) is 5.75. The quantitative estimate of drug-likeness (QED) is 0.190. The van der Waals surface area contributed by atoms with E-state index in [2.05, 4.69) is 16.0 Å². The van der Waals surface area contributed by atoms with Crippen LogP contribution in [0.4, 0.5) is 5.69 Å². The van der Waals surface area contributed by atoms with Crippen LogP contribution in [0.2, 0.25) is 0 Å². The lowest BCUT2D eigenvalue weighted by Gasteiger charge is -2.14. The van der Waals surface area contributed by atoms with Crippen LogP contribution >= 0.6 is 0 Å². The number of methoxy groups -OCH3 is 1. The molecule has 2 N–H and O–H groups in total. The molecule has 0 amide bonds. The summed E-state index contributed by atoms with van der Waals surface area (Å²) in [6, 6.07) is 15.3. The zero-order valence-corrected chi connectivity index (χ0v) is 17.6. The van der Waals surface area contributed by atoms with E-state index < -0.39 is 5.97 Å². The first-order valence-corrected chi connectivity index (χ1v) is 9.37. The number of hydrazone groups is 1. The summed E-state index contributed by atoms with van der Waals surface area (Å²) in [5, 5.41) is 3.90. The van der Waals surface area contributed by atoms with Crippen molar-refractivity contribution >= 4 is 34.7 Å². The van der Waals surface area contributed by atoms with E-state index in [1.165, 1.54) is 7.11 Å². The van der Waals surface area contributed by atoms with E-state index in [0.29, 0.717) is 11.3 Å². The van der Waals surface area contributed by atoms with Crippen molar-refractivity contribution in [2.45, 2.75) is 20.8 Å². The minimum atomic E-state index is -0.539. The fourth-order valence-electron chi connectivity index (χ4n) is 2.90. The number of nitrogens with zero attached hydrogens (tertiary/aromatic N) is 2. The highest BCUT2D eigenvalue weighted by Crippen LogP contribution is 2.29. The van der Waals surface area contributed by atoms with E-state index in [4.69, 9.17) is 17.0 Å². The molecule has 0 aliphatic carbocycles. The molecular weight excluding hydrogens is 374 g/mol. The van der Waals surface area contributed by atoms with E-state index in [1.807, 2.05) is 75.4 Å². The number of allylic oxidation sites excluding steroid dienone is 3. The van der Waals surface area contributed by atoms with Gasteiger partial charge in [0.25, 0.3) is 0 Å². The first kappa shape index (κ1) is 22.4. The minimum absolute atomic E-state index is 0.189. The zero-order valence-electron chi connectivity index (χ0n) is 17.6. The van der Waals surface area contributed by atoms with Crippen molar-refractivity contribution in [3.05, 3.63) is 76.9 Å². The lowest BCUT2D eigenvalue weighted by Crippen LogP contribution is -2.09. The molecule has 30 heavy (non-hydrogen) atoms. The highest BCUT2D eigenvalue weighted by Gasteiger charge is 2.16. The monoisotopic (exact) mass is 399 g/mol. The molecule has 5 nitrogen and oxygen atoms in total. The smallest absolute Gasteiger partial charge is 0.346 e. The van der Waals surface area contributed by atoms with Crippen molar-refractivity contribution in [1.82, 2.24) is 0 Å². The molecular formula is C25H25N3O2. The highest BCUT2D eigenvalue weighted by atomic mass is 16.5. The number of terminal acetylenes is 1. The van der Waals surface area contributed by atoms with Gasteiger partial charge in [-0.3, -0.25) is 4.99 Å². The van der Waals surface area contributed by atoms with E-state index in [9.17, 15) is 4.79 Å². The van der Waals surface area contributed by atoms with E-state index in [0.717, 1.165) is 28.0 Å². The second-order valence-electron chi connectivity index (χ2n) is 6.48. The molecule has 0 spiro atoms. The Balaban J connectivity index is 2.58. The van der Waals surface area contributed by atoms with Crippen molar-refractivity contribution in [3.63, 3.8) is 0 Å². The average Bonchev–Trinajstić information content (AvgIpc) is 2.79. The van der Waals surface area contributed by atoms with Crippen LogP contribution in [0.1, 0.15) is 37.5 Å². The molecule has 5 heteroatoms. The predicted octanol–water partition coefficient (Wildman–Crippen LogP) is 4.75. The standard InChI is InChI=1S/C25H25N3O2/c1-6-17(3)23-15-19(24(28-26)16-27-20-11-9-8-10-12-20)13-14-22(23)18(4)21(7-2)25(29)30-5/h2,6,8-16H,26H2,1,3-5H3/b17-6-,21-18+,27-16?,28-24+. The summed E-state index contributed by atoms with van der Waals surface area (Å²) in [5.74, 6) is 7.54. The van der Waals surface area contributed by atoms with Gasteiger partial charge in [0.1, 0.15) is 11.3 Å². The summed E-state index contributed by atoms with van der Waals surface area (Å²) in [6.45, 7) is 5.74. The van der Waals surface area contributed by atoms with Gasteiger partial charge < -0.3 is 10.6 Å². The molecule has 0 aromatic heterocycles. The normalized spacial score (nSPS) is 13.0. The molecule has 0 saturated carbocycles. The number of esters is 1. The molecule has 0 aliphatic rings. The molecule has 0 radical (unpaired) electrons. The van der Waals surface area contributed by atoms with Gasteiger partial charge in [-0.05, 0) is 61.2 Å². The number of carbonyl (C=O) groups excluding carboxylic acids is 1. The van der Waals surface area contributed by atoms with Gasteiger partial charge >= 0.3 is 5.97 Å². The van der Waals surface area contributed by atoms with Crippen LogP contribution in [-0.2, 0) is 9.53 Å². The molecule has 2 aromatic carbocycles. The number of aliphatic imine (C=N–C) groups is 1. The summed E-state index contributed by atoms with van der Waals surface area (Å²) < 4.78 is 4.82. The maximum atomic E-state index is 12.1. The van der Waals surface area contributed by atoms with Crippen LogP contribution in [0.15, 0.2) is 70.3 Å². The first-order chi connectivity index (χ1) is 14.5. The number of hydrogen-bond donors (Lipinski definition) is 1. The van der Waals surface area contributed by atoms with Gasteiger partial charge in [0, 0.05) is 5.56 Å². The van der Waals surface area contributed by atoms with Crippen LogP contribution in [-0.4, -0.2) is 25.0 Å². The Hall–Kier alpha value is -3.91. The highest BCUT2D eigenvalue weighted by molar-refractivity contribution is 6.38. The molecule has 0 atom stereocenters. The molecule has 0 bridgehead atoms. The summed E-state index contributed by atoms with van der Waals surface area (Å²) in [4.78, 5) is 16.5. The van der Waals surface area contributed by atoms with Crippen molar-refractivity contribution in [1.29, 1.82) is 0 Å². The molecule has 2 rings (SSSR count). The molecule has 0 unspecified atom stereocenters. The predicted molar refractivity (Wildman–Crippen MR) is 125 cm³/mol. The van der Waals surface area contributed by atoms with Crippen LogP contribution in [0.5, 0.6) is 0 Å². The van der Waals surface area contributed by atoms with Gasteiger partial charge in [-0.2, -0.15) is 5.10 Å². The Bertz CT molecular complexity index is 1090. The third-order valence-corrected chi connectivity index (χ3v) is 4.72. The van der Waals surface area contributed by atoms with E-state index >= 15 is 0 Å². The summed E-state index contributed by atoms with van der Waals surface area (Å²) >= 11 is 0. The maximum Gasteiger partial charge on any atom is 0.346 e. The van der Waals surface area contributed by atoms with Gasteiger partial charge in [0.05, 0.1) is 19.0 Å². The molecule has 2 aromatic rings. The Morgan fingerprint density at radius 1 is 1.13 bits per heavy atom. The van der Waals surface area contributed by atoms with Gasteiger partial charge in [-0.1, -0.05) is 42.3 Å². The molecule has 0 aliphatic heterocycles. The number of para-hydroxylation sites is 1.